The summed E-state index contributed by atoms with van der Waals surface area (Å²) in [6, 6.07) is 3.84. The van der Waals surface area contributed by atoms with Crippen LogP contribution in [0.15, 0.2) is 18.2 Å². The van der Waals surface area contributed by atoms with E-state index in [1.807, 2.05) is 20.8 Å². The Labute approximate surface area is 122 Å². The molecule has 0 saturated carbocycles. The standard InChI is InChI=1S/C15H18F2N4/c1-4-18-14-9(2)15(21-10(3)20-14)19-8-11-5-6-12(16)13(17)7-11/h5-7H,4,8H2,1-3H3,(H2,18,19,20,21). The lowest BCUT2D eigenvalue weighted by Crippen LogP contribution is -2.10. The molecule has 4 nitrogen and oxygen atoms in total. The van der Waals surface area contributed by atoms with Gasteiger partial charge in [0.25, 0.3) is 0 Å². The van der Waals surface area contributed by atoms with Gasteiger partial charge in [-0.25, -0.2) is 18.7 Å². The molecule has 0 aliphatic rings. The maximum absolute atomic E-state index is 13.2. The number of hydrogen-bond donors (Lipinski definition) is 2. The van der Waals surface area contributed by atoms with E-state index in [-0.39, 0.29) is 0 Å². The van der Waals surface area contributed by atoms with Crippen molar-refractivity contribution >= 4 is 11.6 Å². The van der Waals surface area contributed by atoms with Gasteiger partial charge in [0.2, 0.25) is 0 Å². The molecule has 0 radical (unpaired) electrons. The molecular weight excluding hydrogens is 274 g/mol. The number of benzene rings is 1. The maximum atomic E-state index is 13.2. The van der Waals surface area contributed by atoms with Crippen LogP contribution in [-0.4, -0.2) is 16.5 Å². The van der Waals surface area contributed by atoms with Gasteiger partial charge in [0.05, 0.1) is 0 Å². The van der Waals surface area contributed by atoms with Crippen molar-refractivity contribution in [1.82, 2.24) is 9.97 Å². The Morgan fingerprint density at radius 3 is 2.29 bits per heavy atom. The first-order valence-electron chi connectivity index (χ1n) is 6.78. The number of halogens is 2. The van der Waals surface area contributed by atoms with E-state index in [4.69, 9.17) is 0 Å². The van der Waals surface area contributed by atoms with Gasteiger partial charge in [-0.1, -0.05) is 6.07 Å². The molecule has 0 aliphatic heterocycles. The molecule has 21 heavy (non-hydrogen) atoms. The first-order valence-corrected chi connectivity index (χ1v) is 6.78. The van der Waals surface area contributed by atoms with Crippen LogP contribution >= 0.6 is 0 Å². The molecule has 2 rings (SSSR count). The van der Waals surface area contributed by atoms with Crippen molar-refractivity contribution < 1.29 is 8.78 Å². The molecule has 0 spiro atoms. The summed E-state index contributed by atoms with van der Waals surface area (Å²) in [5, 5.41) is 6.31. The lowest BCUT2D eigenvalue weighted by Gasteiger charge is -2.13. The van der Waals surface area contributed by atoms with Gasteiger partial charge in [-0.15, -0.1) is 0 Å². The van der Waals surface area contributed by atoms with Crippen LogP contribution in [0.5, 0.6) is 0 Å². The van der Waals surface area contributed by atoms with Gasteiger partial charge in [-0.3, -0.25) is 0 Å². The van der Waals surface area contributed by atoms with Crippen molar-refractivity contribution in [3.63, 3.8) is 0 Å². The van der Waals surface area contributed by atoms with Gasteiger partial charge < -0.3 is 10.6 Å². The Morgan fingerprint density at radius 2 is 1.67 bits per heavy atom. The number of anilines is 2. The zero-order valence-electron chi connectivity index (χ0n) is 12.3. The van der Waals surface area contributed by atoms with Crippen molar-refractivity contribution in [2.45, 2.75) is 27.3 Å². The van der Waals surface area contributed by atoms with Crippen LogP contribution < -0.4 is 10.6 Å². The minimum absolute atomic E-state index is 0.361. The Bertz CT molecular complexity index is 644. The Morgan fingerprint density at radius 1 is 1.00 bits per heavy atom. The molecule has 1 aromatic carbocycles. The summed E-state index contributed by atoms with van der Waals surface area (Å²) in [5.74, 6) is 0.408. The quantitative estimate of drug-likeness (QED) is 0.886. The zero-order valence-corrected chi connectivity index (χ0v) is 12.3. The highest BCUT2D eigenvalue weighted by Crippen LogP contribution is 2.20. The normalized spacial score (nSPS) is 10.5. The monoisotopic (exact) mass is 292 g/mol. The van der Waals surface area contributed by atoms with E-state index in [1.165, 1.54) is 6.07 Å². The van der Waals surface area contributed by atoms with E-state index in [0.717, 1.165) is 24.0 Å². The number of nitrogens with one attached hydrogen (secondary N) is 2. The van der Waals surface area contributed by atoms with Crippen molar-refractivity contribution in [2.24, 2.45) is 0 Å². The predicted octanol–water partition coefficient (Wildman–Crippen LogP) is 3.42. The second-order valence-corrected chi connectivity index (χ2v) is 4.73. The topological polar surface area (TPSA) is 49.8 Å². The summed E-state index contributed by atoms with van der Waals surface area (Å²) in [7, 11) is 0. The fraction of sp³-hybridized carbons (Fsp3) is 0.333. The third-order valence-electron chi connectivity index (χ3n) is 3.05. The SMILES string of the molecule is CCNc1nc(C)nc(NCc2ccc(F)c(F)c2)c1C. The number of nitrogens with zero attached hydrogens (tertiary/aromatic N) is 2. The molecule has 1 heterocycles. The van der Waals surface area contributed by atoms with Crippen LogP contribution in [-0.2, 0) is 6.54 Å². The molecule has 1 aromatic heterocycles. The number of aryl methyl sites for hydroxylation is 1. The molecular formula is C15H18F2N4. The van der Waals surface area contributed by atoms with Gasteiger partial charge in [0, 0.05) is 18.7 Å². The van der Waals surface area contributed by atoms with Crippen LogP contribution in [0.4, 0.5) is 20.4 Å². The van der Waals surface area contributed by atoms with Crippen molar-refractivity contribution in [3.05, 3.63) is 46.8 Å². The average Bonchev–Trinajstić information content (AvgIpc) is 2.44. The van der Waals surface area contributed by atoms with Crippen LogP contribution in [0.25, 0.3) is 0 Å². The van der Waals surface area contributed by atoms with E-state index >= 15 is 0 Å². The second kappa shape index (κ2) is 6.47. The lowest BCUT2D eigenvalue weighted by atomic mass is 10.2. The van der Waals surface area contributed by atoms with Gasteiger partial charge in [0.15, 0.2) is 11.6 Å². The van der Waals surface area contributed by atoms with E-state index < -0.39 is 11.6 Å². The largest absolute Gasteiger partial charge is 0.370 e. The third-order valence-corrected chi connectivity index (χ3v) is 3.05. The summed E-state index contributed by atoms with van der Waals surface area (Å²) < 4.78 is 26.1. The molecule has 0 saturated heterocycles. The van der Waals surface area contributed by atoms with Gasteiger partial charge in [-0.2, -0.15) is 0 Å². The summed E-state index contributed by atoms with van der Waals surface area (Å²) >= 11 is 0. The van der Waals surface area contributed by atoms with Gasteiger partial charge in [-0.05, 0) is 38.5 Å². The molecule has 0 atom stereocenters. The van der Waals surface area contributed by atoms with E-state index in [9.17, 15) is 8.78 Å². The molecule has 0 unspecified atom stereocenters. The summed E-state index contributed by atoms with van der Waals surface area (Å²) in [5.41, 5.74) is 1.54. The fourth-order valence-corrected chi connectivity index (χ4v) is 1.98. The first-order chi connectivity index (χ1) is 10.0. The molecule has 6 heteroatoms. The van der Waals surface area contributed by atoms with Crippen molar-refractivity contribution in [3.8, 4) is 0 Å². The van der Waals surface area contributed by atoms with E-state index in [1.54, 1.807) is 6.07 Å². The van der Waals surface area contributed by atoms with Gasteiger partial charge >= 0.3 is 0 Å². The maximum Gasteiger partial charge on any atom is 0.159 e. The van der Waals surface area contributed by atoms with Crippen LogP contribution in [0.2, 0.25) is 0 Å². The minimum Gasteiger partial charge on any atom is -0.370 e. The Balaban J connectivity index is 2.17. The summed E-state index contributed by atoms with van der Waals surface area (Å²) in [6.45, 7) is 6.83. The molecule has 0 bridgehead atoms. The molecule has 112 valence electrons. The molecule has 0 aliphatic carbocycles. The second-order valence-electron chi connectivity index (χ2n) is 4.73. The third kappa shape index (κ3) is 3.65. The van der Waals surface area contributed by atoms with Crippen LogP contribution in [0, 0.1) is 25.5 Å². The fourth-order valence-electron chi connectivity index (χ4n) is 1.98. The number of hydrogen-bond acceptors (Lipinski definition) is 4. The average molecular weight is 292 g/mol. The zero-order chi connectivity index (χ0) is 15.4. The van der Waals surface area contributed by atoms with E-state index in [0.29, 0.717) is 23.8 Å². The first kappa shape index (κ1) is 15.2. The summed E-state index contributed by atoms with van der Waals surface area (Å²) in [4.78, 5) is 8.67. The highest BCUT2D eigenvalue weighted by Gasteiger charge is 2.09. The van der Waals surface area contributed by atoms with Crippen LogP contribution in [0.3, 0.4) is 0 Å². The van der Waals surface area contributed by atoms with Crippen molar-refractivity contribution in [2.75, 3.05) is 17.2 Å². The molecule has 2 N–H and O–H groups in total. The smallest absolute Gasteiger partial charge is 0.159 e. The summed E-state index contributed by atoms with van der Waals surface area (Å²) in [6.07, 6.45) is 0. The lowest BCUT2D eigenvalue weighted by molar-refractivity contribution is 0.507. The number of aromatic nitrogens is 2. The highest BCUT2D eigenvalue weighted by molar-refractivity contribution is 5.57. The molecule has 2 aromatic rings. The van der Waals surface area contributed by atoms with Crippen molar-refractivity contribution in [1.29, 1.82) is 0 Å². The van der Waals surface area contributed by atoms with Gasteiger partial charge in [0.1, 0.15) is 17.5 Å². The number of rotatable bonds is 5. The van der Waals surface area contributed by atoms with E-state index in [2.05, 4.69) is 20.6 Å². The Hall–Kier alpha value is -2.24. The van der Waals surface area contributed by atoms with Crippen LogP contribution in [0.1, 0.15) is 23.9 Å². The molecule has 0 fully saturated rings. The predicted molar refractivity (Wildman–Crippen MR) is 79.4 cm³/mol. The highest BCUT2D eigenvalue weighted by atomic mass is 19.2. The Kier molecular flexibility index (Phi) is 4.67. The molecule has 0 amide bonds. The minimum atomic E-state index is -0.849.